The number of esters is 1. The van der Waals surface area contributed by atoms with Crippen LogP contribution in [0.1, 0.15) is 43.7 Å². The van der Waals surface area contributed by atoms with Gasteiger partial charge >= 0.3 is 5.97 Å². The molecule has 1 aromatic carbocycles. The number of carbonyl (C=O) groups is 1. The van der Waals surface area contributed by atoms with E-state index in [2.05, 4.69) is 15.9 Å². The molecule has 2 N–H and O–H groups in total. The lowest BCUT2D eigenvalue weighted by Crippen LogP contribution is -2.06. The molecule has 0 unspecified atom stereocenters. The lowest BCUT2D eigenvalue weighted by molar-refractivity contribution is -0.143. The molecule has 0 radical (unpaired) electrons. The van der Waals surface area contributed by atoms with Crippen LogP contribution in [0, 0.1) is 6.92 Å². The van der Waals surface area contributed by atoms with Gasteiger partial charge in [0.2, 0.25) is 0 Å². The van der Waals surface area contributed by atoms with Crippen molar-refractivity contribution in [3.63, 3.8) is 0 Å². The molecule has 0 saturated heterocycles. The molecule has 21 heavy (non-hydrogen) atoms. The molecule has 0 amide bonds. The summed E-state index contributed by atoms with van der Waals surface area (Å²) in [6.07, 6.45) is 3.19. The van der Waals surface area contributed by atoms with Crippen LogP contribution in [0.4, 0.5) is 0 Å². The van der Waals surface area contributed by atoms with Crippen molar-refractivity contribution in [3.05, 3.63) is 27.7 Å². The highest BCUT2D eigenvalue weighted by molar-refractivity contribution is 9.10. The fourth-order valence-corrected chi connectivity index (χ4v) is 2.73. The number of unbranched alkanes of at least 4 members (excludes halogenated alkanes) is 2. The number of rotatable bonds is 9. The minimum absolute atomic E-state index is 0.118. The molecular weight excluding hydrogens is 334 g/mol. The lowest BCUT2D eigenvalue weighted by atomic mass is 10.1. The maximum absolute atomic E-state index is 11.2. The summed E-state index contributed by atoms with van der Waals surface area (Å²) in [5, 5.41) is 0. The Hall–Kier alpha value is -1.07. The van der Waals surface area contributed by atoms with Gasteiger partial charge in [-0.05, 0) is 50.8 Å². The second kappa shape index (κ2) is 9.79. The largest absolute Gasteiger partial charge is 0.493 e. The van der Waals surface area contributed by atoms with E-state index < -0.39 is 0 Å². The van der Waals surface area contributed by atoms with Crippen molar-refractivity contribution < 1.29 is 14.3 Å². The van der Waals surface area contributed by atoms with Crippen molar-refractivity contribution in [2.24, 2.45) is 5.73 Å². The Balaban J connectivity index is 2.32. The third kappa shape index (κ3) is 6.48. The third-order valence-electron chi connectivity index (χ3n) is 3.11. The summed E-state index contributed by atoms with van der Waals surface area (Å²) in [6.45, 7) is 5.38. The summed E-state index contributed by atoms with van der Waals surface area (Å²) in [7, 11) is 0. The van der Waals surface area contributed by atoms with Gasteiger partial charge in [0.1, 0.15) is 5.75 Å². The number of nitrogens with two attached hydrogens (primary N) is 1. The van der Waals surface area contributed by atoms with E-state index >= 15 is 0 Å². The van der Waals surface area contributed by atoms with Crippen LogP contribution < -0.4 is 10.5 Å². The fourth-order valence-electron chi connectivity index (χ4n) is 2.11. The van der Waals surface area contributed by atoms with Crippen LogP contribution in [0.5, 0.6) is 5.75 Å². The molecule has 1 aromatic rings. The SMILES string of the molecule is CCOC(=O)CCCCCOc1c(C)cc(Br)cc1CN. The van der Waals surface area contributed by atoms with E-state index in [9.17, 15) is 4.79 Å². The van der Waals surface area contributed by atoms with Crippen molar-refractivity contribution in [1.29, 1.82) is 0 Å². The van der Waals surface area contributed by atoms with E-state index in [0.29, 0.717) is 26.2 Å². The maximum atomic E-state index is 11.2. The molecule has 0 aliphatic heterocycles. The highest BCUT2D eigenvalue weighted by Crippen LogP contribution is 2.28. The summed E-state index contributed by atoms with van der Waals surface area (Å²) in [5.41, 5.74) is 7.84. The van der Waals surface area contributed by atoms with E-state index in [-0.39, 0.29) is 5.97 Å². The number of hydrogen-bond acceptors (Lipinski definition) is 4. The van der Waals surface area contributed by atoms with Crippen LogP contribution in [-0.2, 0) is 16.1 Å². The van der Waals surface area contributed by atoms with Gasteiger partial charge in [0.05, 0.1) is 13.2 Å². The molecule has 0 atom stereocenters. The first-order valence-corrected chi connectivity index (χ1v) is 8.15. The Morgan fingerprint density at radius 3 is 2.71 bits per heavy atom. The first-order chi connectivity index (χ1) is 10.1. The molecular formula is C16H24BrNO3. The summed E-state index contributed by atoms with van der Waals surface area (Å²) in [6, 6.07) is 4.01. The quantitative estimate of drug-likeness (QED) is 0.540. The normalized spacial score (nSPS) is 10.5. The Bertz CT molecular complexity index is 463. The number of benzene rings is 1. The average Bonchev–Trinajstić information content (AvgIpc) is 2.44. The average molecular weight is 358 g/mol. The topological polar surface area (TPSA) is 61.5 Å². The van der Waals surface area contributed by atoms with Crippen LogP contribution in [0.25, 0.3) is 0 Å². The Morgan fingerprint density at radius 1 is 1.29 bits per heavy atom. The zero-order valence-corrected chi connectivity index (χ0v) is 14.4. The van der Waals surface area contributed by atoms with Crippen LogP contribution in [0.3, 0.4) is 0 Å². The fraction of sp³-hybridized carbons (Fsp3) is 0.562. The number of hydrogen-bond donors (Lipinski definition) is 1. The lowest BCUT2D eigenvalue weighted by Gasteiger charge is -2.14. The van der Waals surface area contributed by atoms with Crippen LogP contribution in [-0.4, -0.2) is 19.2 Å². The van der Waals surface area contributed by atoms with Crippen molar-refractivity contribution in [3.8, 4) is 5.75 Å². The standard InChI is InChI=1S/C16H24BrNO3/c1-3-20-15(19)7-5-4-6-8-21-16-12(2)9-14(17)10-13(16)11-18/h9-10H,3-8,11,18H2,1-2H3. The van der Waals surface area contributed by atoms with Gasteiger partial charge in [0.15, 0.2) is 0 Å². The zero-order valence-electron chi connectivity index (χ0n) is 12.8. The summed E-state index contributed by atoms with van der Waals surface area (Å²) in [5.74, 6) is 0.763. The Morgan fingerprint density at radius 2 is 2.05 bits per heavy atom. The number of carbonyl (C=O) groups excluding carboxylic acids is 1. The van der Waals surface area contributed by atoms with Gasteiger partial charge in [-0.25, -0.2) is 0 Å². The van der Waals surface area contributed by atoms with E-state index in [1.807, 2.05) is 26.0 Å². The maximum Gasteiger partial charge on any atom is 0.305 e. The van der Waals surface area contributed by atoms with Gasteiger partial charge in [0.25, 0.3) is 0 Å². The summed E-state index contributed by atoms with van der Waals surface area (Å²) < 4.78 is 11.8. The van der Waals surface area contributed by atoms with Gasteiger partial charge in [-0.2, -0.15) is 0 Å². The van der Waals surface area contributed by atoms with Crippen molar-refractivity contribution in [1.82, 2.24) is 0 Å². The summed E-state index contributed by atoms with van der Waals surface area (Å²) >= 11 is 3.46. The summed E-state index contributed by atoms with van der Waals surface area (Å²) in [4.78, 5) is 11.2. The minimum Gasteiger partial charge on any atom is -0.493 e. The van der Waals surface area contributed by atoms with Crippen LogP contribution in [0.15, 0.2) is 16.6 Å². The molecule has 5 heteroatoms. The van der Waals surface area contributed by atoms with E-state index in [1.54, 1.807) is 0 Å². The molecule has 4 nitrogen and oxygen atoms in total. The van der Waals surface area contributed by atoms with Crippen molar-refractivity contribution >= 4 is 21.9 Å². The molecule has 0 aromatic heterocycles. The molecule has 0 heterocycles. The molecule has 0 spiro atoms. The molecule has 0 fully saturated rings. The monoisotopic (exact) mass is 357 g/mol. The second-order valence-corrected chi connectivity index (χ2v) is 5.79. The molecule has 0 aliphatic rings. The predicted molar refractivity (Wildman–Crippen MR) is 87.4 cm³/mol. The van der Waals surface area contributed by atoms with Gasteiger partial charge in [0, 0.05) is 23.0 Å². The van der Waals surface area contributed by atoms with Crippen molar-refractivity contribution in [2.45, 2.75) is 46.1 Å². The number of aryl methyl sites for hydroxylation is 1. The minimum atomic E-state index is -0.118. The first kappa shape index (κ1) is 18.0. The third-order valence-corrected chi connectivity index (χ3v) is 3.57. The molecule has 118 valence electrons. The van der Waals surface area contributed by atoms with Crippen LogP contribution >= 0.6 is 15.9 Å². The first-order valence-electron chi connectivity index (χ1n) is 7.36. The van der Waals surface area contributed by atoms with Gasteiger partial charge in [-0.15, -0.1) is 0 Å². The zero-order chi connectivity index (χ0) is 15.7. The van der Waals surface area contributed by atoms with Gasteiger partial charge in [-0.3, -0.25) is 4.79 Å². The van der Waals surface area contributed by atoms with Crippen molar-refractivity contribution in [2.75, 3.05) is 13.2 Å². The van der Waals surface area contributed by atoms with E-state index in [4.69, 9.17) is 15.2 Å². The van der Waals surface area contributed by atoms with Gasteiger partial charge in [-0.1, -0.05) is 15.9 Å². The highest BCUT2D eigenvalue weighted by Gasteiger charge is 2.08. The highest BCUT2D eigenvalue weighted by atomic mass is 79.9. The number of ether oxygens (including phenoxy) is 2. The molecule has 0 bridgehead atoms. The van der Waals surface area contributed by atoms with E-state index in [0.717, 1.165) is 40.6 Å². The molecule has 0 saturated carbocycles. The smallest absolute Gasteiger partial charge is 0.305 e. The molecule has 1 rings (SSSR count). The Labute approximate surface area is 135 Å². The van der Waals surface area contributed by atoms with Gasteiger partial charge < -0.3 is 15.2 Å². The molecule has 0 aliphatic carbocycles. The Kier molecular flexibility index (Phi) is 8.38. The number of halogens is 1. The van der Waals surface area contributed by atoms with E-state index in [1.165, 1.54) is 0 Å². The second-order valence-electron chi connectivity index (χ2n) is 4.88. The van der Waals surface area contributed by atoms with Crippen LogP contribution in [0.2, 0.25) is 0 Å². The predicted octanol–water partition coefficient (Wildman–Crippen LogP) is 3.72.